The molecule has 11 nitrogen and oxygen atoms in total. The van der Waals surface area contributed by atoms with Crippen molar-refractivity contribution >= 4 is 7.60 Å². The molecule has 6 atom stereocenters. The highest BCUT2D eigenvalue weighted by molar-refractivity contribution is 7.54. The lowest BCUT2D eigenvalue weighted by molar-refractivity contribution is -0.0665. The van der Waals surface area contributed by atoms with E-state index in [0.717, 1.165) is 4.57 Å². The third-order valence-corrected chi connectivity index (χ3v) is 7.37. The van der Waals surface area contributed by atoms with Crippen LogP contribution < -0.4 is 11.2 Å². The number of hydrogen-bond acceptors (Lipinski definition) is 8. The maximum absolute atomic E-state index is 12.5. The fourth-order valence-electron chi connectivity index (χ4n) is 3.06. The maximum atomic E-state index is 12.5. The van der Waals surface area contributed by atoms with Crippen molar-refractivity contribution in [3.63, 3.8) is 0 Å². The molecule has 0 bridgehead atoms. The molecule has 166 valence electrons. The molecule has 29 heavy (non-hydrogen) atoms. The zero-order valence-corrected chi connectivity index (χ0v) is 17.9. The molecule has 1 aromatic rings. The molecule has 1 aliphatic rings. The Labute approximate surface area is 167 Å². The summed E-state index contributed by atoms with van der Waals surface area (Å²) < 4.78 is 24.4. The third-order valence-electron chi connectivity index (χ3n) is 5.10. The van der Waals surface area contributed by atoms with Crippen LogP contribution in [0.4, 0.5) is 0 Å². The van der Waals surface area contributed by atoms with Gasteiger partial charge in [0.15, 0.2) is 11.6 Å². The molecule has 0 saturated carbocycles. The quantitative estimate of drug-likeness (QED) is 0.368. The van der Waals surface area contributed by atoms with Crippen molar-refractivity contribution in [2.45, 2.75) is 82.9 Å². The smallest absolute Gasteiger partial charge is 0.359 e. The molecule has 12 heteroatoms. The van der Waals surface area contributed by atoms with Crippen molar-refractivity contribution in [3.8, 4) is 0 Å². The lowest BCUT2D eigenvalue weighted by Gasteiger charge is -2.35. The average molecular weight is 436 g/mol. The number of nitrogens with one attached hydrogen (secondary N) is 1. The van der Waals surface area contributed by atoms with Crippen LogP contribution in [0, 0.1) is 6.92 Å². The van der Waals surface area contributed by atoms with Crippen molar-refractivity contribution < 1.29 is 34.0 Å². The predicted octanol–water partition coefficient (Wildman–Crippen LogP) is -0.0466. The van der Waals surface area contributed by atoms with E-state index in [9.17, 15) is 34.4 Å². The van der Waals surface area contributed by atoms with E-state index in [1.807, 2.05) is 0 Å². The second kappa shape index (κ2) is 8.07. The van der Waals surface area contributed by atoms with E-state index in [4.69, 9.17) is 9.26 Å². The van der Waals surface area contributed by atoms with Crippen LogP contribution in [0.15, 0.2) is 15.8 Å². The Balaban J connectivity index is 2.22. The molecule has 0 spiro atoms. The number of aromatic amines is 1. The Morgan fingerprint density at radius 2 is 1.86 bits per heavy atom. The first-order valence-electron chi connectivity index (χ1n) is 9.21. The minimum atomic E-state index is -4.44. The summed E-state index contributed by atoms with van der Waals surface area (Å²) in [7, 11) is -4.44. The molecule has 1 aliphatic heterocycles. The molecular formula is C17H29N2O9P. The van der Waals surface area contributed by atoms with Gasteiger partial charge >= 0.3 is 13.3 Å². The number of hydrogen-bond donors (Lipinski definition) is 5. The lowest BCUT2D eigenvalue weighted by Crippen LogP contribution is -2.39. The van der Waals surface area contributed by atoms with Gasteiger partial charge in [-0.2, -0.15) is 0 Å². The molecule has 1 unspecified atom stereocenters. The van der Waals surface area contributed by atoms with Crippen molar-refractivity contribution in [3.05, 3.63) is 32.6 Å². The summed E-state index contributed by atoms with van der Waals surface area (Å²) in [6, 6.07) is 0. The van der Waals surface area contributed by atoms with Gasteiger partial charge in [0.1, 0.15) is 12.2 Å². The van der Waals surface area contributed by atoms with Crippen LogP contribution >= 0.6 is 7.60 Å². The number of aliphatic hydroxyl groups is 3. The fourth-order valence-corrected chi connectivity index (χ4v) is 4.40. The summed E-state index contributed by atoms with van der Waals surface area (Å²) in [5.41, 5.74) is -2.50. The number of rotatable bonds is 7. The Hall–Kier alpha value is -1.33. The van der Waals surface area contributed by atoms with Crippen molar-refractivity contribution in [1.82, 2.24) is 9.55 Å². The molecular weight excluding hydrogens is 407 g/mol. The molecule has 2 heterocycles. The van der Waals surface area contributed by atoms with Crippen LogP contribution in [0.25, 0.3) is 0 Å². The Bertz CT molecular complexity index is 907. The topological polar surface area (TPSA) is 171 Å². The van der Waals surface area contributed by atoms with E-state index < -0.39 is 54.3 Å². The highest BCUT2D eigenvalue weighted by Crippen LogP contribution is 2.58. The minimum absolute atomic E-state index is 0.0192. The number of H-pyrrole nitrogens is 1. The van der Waals surface area contributed by atoms with E-state index >= 15 is 0 Å². The Morgan fingerprint density at radius 3 is 2.41 bits per heavy atom. The summed E-state index contributed by atoms with van der Waals surface area (Å²) in [5.74, 6) is 0. The minimum Gasteiger partial charge on any atom is -0.388 e. The Kier molecular flexibility index (Phi) is 6.66. The maximum Gasteiger partial charge on any atom is 0.359 e. The number of aryl methyl sites for hydroxylation is 1. The van der Waals surface area contributed by atoms with Gasteiger partial charge in [-0.3, -0.25) is 18.9 Å². The van der Waals surface area contributed by atoms with Gasteiger partial charge in [-0.15, -0.1) is 0 Å². The first-order valence-corrected chi connectivity index (χ1v) is 10.8. The van der Waals surface area contributed by atoms with Crippen LogP contribution in [0.3, 0.4) is 0 Å². The first-order chi connectivity index (χ1) is 13.1. The second-order valence-corrected chi connectivity index (χ2v) is 10.4. The highest BCUT2D eigenvalue weighted by Gasteiger charge is 2.50. The van der Waals surface area contributed by atoms with Gasteiger partial charge in [0.05, 0.1) is 11.7 Å². The number of nitrogens with zero attached hydrogens (tertiary/aromatic N) is 1. The zero-order valence-electron chi connectivity index (χ0n) is 17.0. The molecule has 0 aliphatic carbocycles. The van der Waals surface area contributed by atoms with Gasteiger partial charge in [0.25, 0.3) is 5.56 Å². The Morgan fingerprint density at radius 1 is 1.28 bits per heavy atom. The summed E-state index contributed by atoms with van der Waals surface area (Å²) >= 11 is 0. The van der Waals surface area contributed by atoms with Gasteiger partial charge in [0, 0.05) is 18.2 Å². The SMILES string of the molecule is CC[C@](C)(O)P(=O)(O)OC(C)(C)C[C@H]1O[C@@H](n2cc(C)c(=O)[nH]c2=O)[C@H](O)[C@@H]1O. The van der Waals surface area contributed by atoms with E-state index in [1.165, 1.54) is 40.8 Å². The summed E-state index contributed by atoms with van der Waals surface area (Å²) in [6.07, 6.45) is -4.15. The van der Waals surface area contributed by atoms with Gasteiger partial charge in [0.2, 0.25) is 0 Å². The zero-order chi connectivity index (χ0) is 22.4. The number of aliphatic hydroxyl groups excluding tert-OH is 2. The number of aromatic nitrogens is 2. The largest absolute Gasteiger partial charge is 0.388 e. The number of ether oxygens (including phenoxy) is 1. The fraction of sp³-hybridized carbons (Fsp3) is 0.765. The summed E-state index contributed by atoms with van der Waals surface area (Å²) in [6.45, 7) is 7.16. The van der Waals surface area contributed by atoms with E-state index in [1.54, 1.807) is 0 Å². The molecule has 0 radical (unpaired) electrons. The monoisotopic (exact) mass is 436 g/mol. The van der Waals surface area contributed by atoms with Crippen molar-refractivity contribution in [2.75, 3.05) is 0 Å². The molecule has 5 N–H and O–H groups in total. The lowest BCUT2D eigenvalue weighted by atomic mass is 9.97. The predicted molar refractivity (Wildman–Crippen MR) is 103 cm³/mol. The molecule has 1 fully saturated rings. The van der Waals surface area contributed by atoms with Crippen molar-refractivity contribution in [2.24, 2.45) is 0 Å². The summed E-state index contributed by atoms with van der Waals surface area (Å²) in [4.78, 5) is 35.8. The standard InChI is InChI=1S/C17H29N2O9P/c1-6-17(5,24)29(25,26)28-16(3,4)7-10-11(20)12(21)14(27-10)19-8-9(2)13(22)18-15(19)23/h8,10-12,14,20-21,24H,6-7H2,1-5H3,(H,25,26)(H,18,22,23)/t10-,11-,12-,14-,17-/m1/s1. The van der Waals surface area contributed by atoms with Crippen LogP contribution in [0.5, 0.6) is 0 Å². The average Bonchev–Trinajstić information content (AvgIpc) is 2.84. The molecule has 2 rings (SSSR count). The van der Waals surface area contributed by atoms with Gasteiger partial charge < -0.3 is 29.5 Å². The highest BCUT2D eigenvalue weighted by atomic mass is 31.2. The van der Waals surface area contributed by atoms with Crippen LogP contribution in [0.2, 0.25) is 0 Å². The molecule has 1 saturated heterocycles. The first kappa shape index (κ1) is 23.9. The van der Waals surface area contributed by atoms with Crippen LogP contribution in [-0.2, 0) is 13.8 Å². The van der Waals surface area contributed by atoms with Crippen LogP contribution in [0.1, 0.15) is 52.3 Å². The summed E-state index contributed by atoms with van der Waals surface area (Å²) in [5, 5.41) is 28.9. The van der Waals surface area contributed by atoms with E-state index in [2.05, 4.69) is 4.98 Å². The van der Waals surface area contributed by atoms with E-state index in [0.29, 0.717) is 0 Å². The van der Waals surface area contributed by atoms with E-state index in [-0.39, 0.29) is 18.4 Å². The molecule has 0 amide bonds. The second-order valence-electron chi connectivity index (χ2n) is 8.17. The third kappa shape index (κ3) is 4.88. The van der Waals surface area contributed by atoms with Crippen LogP contribution in [-0.4, -0.2) is 59.0 Å². The normalized spacial score (nSPS) is 29.4. The van der Waals surface area contributed by atoms with Gasteiger partial charge in [-0.1, -0.05) is 6.92 Å². The van der Waals surface area contributed by atoms with Gasteiger partial charge in [-0.05, 0) is 34.1 Å². The van der Waals surface area contributed by atoms with Gasteiger partial charge in [-0.25, -0.2) is 4.79 Å². The molecule has 0 aromatic carbocycles. The van der Waals surface area contributed by atoms with Crippen molar-refractivity contribution in [1.29, 1.82) is 0 Å². The molecule has 1 aromatic heterocycles.